The maximum absolute atomic E-state index is 12.6. The summed E-state index contributed by atoms with van der Waals surface area (Å²) in [5.74, 6) is -0.0863. The molecule has 0 fully saturated rings. The molecule has 10 heavy (non-hydrogen) atoms. The molecule has 56 valence electrons. The Morgan fingerprint density at radius 2 is 2.10 bits per heavy atom. The van der Waals surface area contributed by atoms with E-state index in [0.29, 0.717) is 0 Å². The molecular formula is C9H13F. The van der Waals surface area contributed by atoms with Gasteiger partial charge in [-0.25, -0.2) is 4.39 Å². The fourth-order valence-electron chi connectivity index (χ4n) is 0.975. The summed E-state index contributed by atoms with van der Waals surface area (Å²) in [4.78, 5) is 0. The Hall–Kier alpha value is -0.590. The van der Waals surface area contributed by atoms with E-state index in [1.54, 1.807) is 12.2 Å². The Morgan fingerprint density at radius 1 is 1.50 bits per heavy atom. The molecule has 0 atom stereocenters. The third kappa shape index (κ3) is 1.28. The SMILES string of the molecule is CC1=CC(F)=CCC1(C)C. The molecule has 0 saturated carbocycles. The number of rotatable bonds is 0. The Morgan fingerprint density at radius 3 is 2.50 bits per heavy atom. The van der Waals surface area contributed by atoms with Gasteiger partial charge >= 0.3 is 0 Å². The standard InChI is InChI=1S/C9H13F/c1-7-6-8(10)4-5-9(7,2)3/h4,6H,5H2,1-3H3. The highest BCUT2D eigenvalue weighted by Gasteiger charge is 2.21. The zero-order valence-electron chi connectivity index (χ0n) is 6.74. The molecule has 0 saturated heterocycles. The molecule has 1 heteroatoms. The van der Waals surface area contributed by atoms with Gasteiger partial charge in [-0.1, -0.05) is 19.4 Å². The molecule has 0 aromatic carbocycles. The molecule has 0 N–H and O–H groups in total. The lowest BCUT2D eigenvalue weighted by atomic mass is 9.79. The molecule has 0 aromatic heterocycles. The summed E-state index contributed by atoms with van der Waals surface area (Å²) >= 11 is 0. The van der Waals surface area contributed by atoms with Gasteiger partial charge in [-0.05, 0) is 30.9 Å². The highest BCUT2D eigenvalue weighted by Crippen LogP contribution is 2.35. The second-order valence-electron chi connectivity index (χ2n) is 3.50. The first-order chi connectivity index (χ1) is 4.52. The van der Waals surface area contributed by atoms with E-state index in [1.807, 2.05) is 6.92 Å². The van der Waals surface area contributed by atoms with E-state index in [9.17, 15) is 4.39 Å². The average Bonchev–Trinajstić information content (AvgIpc) is 1.81. The van der Waals surface area contributed by atoms with E-state index < -0.39 is 0 Å². The lowest BCUT2D eigenvalue weighted by Gasteiger charge is -2.26. The van der Waals surface area contributed by atoms with Crippen LogP contribution in [0.1, 0.15) is 27.2 Å². The minimum absolute atomic E-state index is 0.0863. The lowest BCUT2D eigenvalue weighted by Crippen LogP contribution is -2.14. The highest BCUT2D eigenvalue weighted by atomic mass is 19.1. The van der Waals surface area contributed by atoms with Gasteiger partial charge in [0.05, 0.1) is 0 Å². The second kappa shape index (κ2) is 2.22. The number of halogens is 1. The third-order valence-corrected chi connectivity index (χ3v) is 2.23. The largest absolute Gasteiger partial charge is 0.207 e. The van der Waals surface area contributed by atoms with Crippen molar-refractivity contribution < 1.29 is 4.39 Å². The summed E-state index contributed by atoms with van der Waals surface area (Å²) in [5, 5.41) is 0. The van der Waals surface area contributed by atoms with E-state index in [-0.39, 0.29) is 11.2 Å². The van der Waals surface area contributed by atoms with Crippen LogP contribution in [-0.2, 0) is 0 Å². The van der Waals surface area contributed by atoms with Crippen molar-refractivity contribution in [2.24, 2.45) is 5.41 Å². The van der Waals surface area contributed by atoms with Crippen molar-refractivity contribution in [2.45, 2.75) is 27.2 Å². The molecule has 0 heterocycles. The Bertz CT molecular complexity index is 197. The first-order valence-corrected chi connectivity index (χ1v) is 3.57. The summed E-state index contributed by atoms with van der Waals surface area (Å²) in [7, 11) is 0. The summed E-state index contributed by atoms with van der Waals surface area (Å²) < 4.78 is 12.6. The van der Waals surface area contributed by atoms with Crippen LogP contribution in [0.4, 0.5) is 4.39 Å². The molecule has 0 aromatic rings. The van der Waals surface area contributed by atoms with Gasteiger partial charge in [-0.15, -0.1) is 0 Å². The molecule has 0 nitrogen and oxygen atoms in total. The quantitative estimate of drug-likeness (QED) is 0.484. The van der Waals surface area contributed by atoms with Crippen molar-refractivity contribution in [3.63, 3.8) is 0 Å². The van der Waals surface area contributed by atoms with Gasteiger partial charge in [-0.3, -0.25) is 0 Å². The van der Waals surface area contributed by atoms with Crippen LogP contribution in [0.2, 0.25) is 0 Å². The predicted molar refractivity (Wildman–Crippen MR) is 41.3 cm³/mol. The fraction of sp³-hybridized carbons (Fsp3) is 0.556. The summed E-state index contributed by atoms with van der Waals surface area (Å²) in [6.07, 6.45) is 4.08. The van der Waals surface area contributed by atoms with Gasteiger partial charge in [0.2, 0.25) is 0 Å². The van der Waals surface area contributed by atoms with E-state index >= 15 is 0 Å². The van der Waals surface area contributed by atoms with Crippen LogP contribution in [-0.4, -0.2) is 0 Å². The maximum Gasteiger partial charge on any atom is 0.119 e. The third-order valence-electron chi connectivity index (χ3n) is 2.23. The molecule has 0 radical (unpaired) electrons. The van der Waals surface area contributed by atoms with Crippen LogP contribution < -0.4 is 0 Å². The van der Waals surface area contributed by atoms with Crippen molar-refractivity contribution in [1.82, 2.24) is 0 Å². The number of hydrogen-bond donors (Lipinski definition) is 0. The minimum Gasteiger partial charge on any atom is -0.207 e. The number of allylic oxidation sites excluding steroid dienone is 4. The Kier molecular flexibility index (Phi) is 1.67. The predicted octanol–water partition coefficient (Wildman–Crippen LogP) is 3.22. The van der Waals surface area contributed by atoms with Crippen LogP contribution in [0.5, 0.6) is 0 Å². The smallest absolute Gasteiger partial charge is 0.119 e. The molecule has 0 amide bonds. The Labute approximate surface area is 61.4 Å². The normalized spacial score (nSPS) is 23.6. The lowest BCUT2D eigenvalue weighted by molar-refractivity contribution is 0.435. The minimum atomic E-state index is -0.0863. The summed E-state index contributed by atoms with van der Waals surface area (Å²) in [6, 6.07) is 0. The van der Waals surface area contributed by atoms with Crippen LogP contribution in [0.15, 0.2) is 23.6 Å². The first kappa shape index (κ1) is 7.52. The van der Waals surface area contributed by atoms with Crippen molar-refractivity contribution in [3.05, 3.63) is 23.6 Å². The van der Waals surface area contributed by atoms with Gasteiger partial charge in [-0.2, -0.15) is 0 Å². The van der Waals surface area contributed by atoms with Crippen molar-refractivity contribution >= 4 is 0 Å². The Balaban J connectivity index is 2.88. The summed E-state index contributed by atoms with van der Waals surface area (Å²) in [5.41, 5.74) is 1.29. The topological polar surface area (TPSA) is 0 Å². The van der Waals surface area contributed by atoms with Gasteiger partial charge in [0.15, 0.2) is 0 Å². The second-order valence-corrected chi connectivity index (χ2v) is 3.50. The summed E-state index contributed by atoms with van der Waals surface area (Å²) in [6.45, 7) is 6.23. The molecule has 0 spiro atoms. The number of hydrogen-bond acceptors (Lipinski definition) is 0. The van der Waals surface area contributed by atoms with Gasteiger partial charge in [0.25, 0.3) is 0 Å². The van der Waals surface area contributed by atoms with Crippen LogP contribution in [0.3, 0.4) is 0 Å². The van der Waals surface area contributed by atoms with E-state index in [4.69, 9.17) is 0 Å². The van der Waals surface area contributed by atoms with Crippen LogP contribution >= 0.6 is 0 Å². The zero-order chi connectivity index (χ0) is 7.78. The molecule has 0 aliphatic heterocycles. The first-order valence-electron chi connectivity index (χ1n) is 3.57. The van der Waals surface area contributed by atoms with Crippen molar-refractivity contribution in [1.29, 1.82) is 0 Å². The zero-order valence-corrected chi connectivity index (χ0v) is 6.74. The highest BCUT2D eigenvalue weighted by molar-refractivity contribution is 5.26. The molecule has 1 aliphatic rings. The van der Waals surface area contributed by atoms with Crippen LogP contribution in [0.25, 0.3) is 0 Å². The van der Waals surface area contributed by atoms with Crippen LogP contribution in [0, 0.1) is 5.41 Å². The maximum atomic E-state index is 12.6. The molecule has 1 aliphatic carbocycles. The van der Waals surface area contributed by atoms with Gasteiger partial charge in [0, 0.05) is 0 Å². The van der Waals surface area contributed by atoms with E-state index in [2.05, 4.69) is 13.8 Å². The molecular weight excluding hydrogens is 127 g/mol. The monoisotopic (exact) mass is 140 g/mol. The van der Waals surface area contributed by atoms with E-state index in [1.165, 1.54) is 0 Å². The molecule has 0 unspecified atom stereocenters. The molecule has 1 rings (SSSR count). The average molecular weight is 140 g/mol. The van der Waals surface area contributed by atoms with Gasteiger partial charge < -0.3 is 0 Å². The van der Waals surface area contributed by atoms with Crippen molar-refractivity contribution in [3.8, 4) is 0 Å². The van der Waals surface area contributed by atoms with E-state index in [0.717, 1.165) is 12.0 Å². The van der Waals surface area contributed by atoms with Gasteiger partial charge in [0.1, 0.15) is 5.83 Å². The van der Waals surface area contributed by atoms with Crippen molar-refractivity contribution in [2.75, 3.05) is 0 Å². The molecule has 0 bridgehead atoms. The fourth-order valence-corrected chi connectivity index (χ4v) is 0.975.